The van der Waals surface area contributed by atoms with Crippen LogP contribution in [-0.4, -0.2) is 44.1 Å². The summed E-state index contributed by atoms with van der Waals surface area (Å²) in [5.74, 6) is -0.312. The topological polar surface area (TPSA) is 96.7 Å². The Bertz CT molecular complexity index is 1070. The number of likely N-dealkylation sites (N-methyl/N-ethyl adjacent to an activating group) is 1. The zero-order valence-electron chi connectivity index (χ0n) is 17.1. The van der Waals surface area contributed by atoms with Crippen molar-refractivity contribution in [2.24, 2.45) is 0 Å². The highest BCUT2D eigenvalue weighted by atomic mass is 35.5. The van der Waals surface area contributed by atoms with E-state index in [1.165, 1.54) is 11.3 Å². The predicted octanol–water partition coefficient (Wildman–Crippen LogP) is 5.01. The van der Waals surface area contributed by atoms with Crippen molar-refractivity contribution in [2.75, 3.05) is 43.6 Å². The molecule has 9 heteroatoms. The van der Waals surface area contributed by atoms with E-state index in [1.54, 1.807) is 30.3 Å². The number of nitrogens with one attached hydrogen (secondary N) is 2. The van der Waals surface area contributed by atoms with Crippen molar-refractivity contribution in [1.29, 1.82) is 0 Å². The first-order chi connectivity index (χ1) is 14.8. The second-order valence-corrected chi connectivity index (χ2v) is 8.72. The molecule has 0 fully saturated rings. The summed E-state index contributed by atoms with van der Waals surface area (Å²) in [5.41, 5.74) is 8.87. The van der Waals surface area contributed by atoms with Crippen LogP contribution in [-0.2, 0) is 4.74 Å². The van der Waals surface area contributed by atoms with Gasteiger partial charge in [-0.2, -0.15) is 0 Å². The number of nitrogen functional groups attached to an aromatic ring is 1. The van der Waals surface area contributed by atoms with E-state index in [2.05, 4.69) is 10.6 Å². The number of hydrogen-bond donors (Lipinski definition) is 3. The monoisotopic (exact) mass is 458 g/mol. The van der Waals surface area contributed by atoms with E-state index in [-0.39, 0.29) is 12.5 Å². The molecule has 0 saturated heterocycles. The van der Waals surface area contributed by atoms with Crippen molar-refractivity contribution in [1.82, 2.24) is 4.90 Å². The highest BCUT2D eigenvalue weighted by Gasteiger charge is 2.11. The van der Waals surface area contributed by atoms with Gasteiger partial charge in [-0.05, 0) is 68.2 Å². The molecular weight excluding hydrogens is 436 g/mol. The Kier molecular flexibility index (Phi) is 7.51. The molecule has 2 aromatic carbocycles. The minimum atomic E-state index is -0.544. The Morgan fingerprint density at radius 3 is 2.45 bits per heavy atom. The van der Waals surface area contributed by atoms with Gasteiger partial charge >= 0.3 is 6.09 Å². The van der Waals surface area contributed by atoms with Crippen LogP contribution in [0.25, 0.3) is 10.4 Å². The summed E-state index contributed by atoms with van der Waals surface area (Å²) in [5, 5.41) is 5.46. The Hall–Kier alpha value is -3.07. The van der Waals surface area contributed by atoms with E-state index in [9.17, 15) is 9.59 Å². The molecule has 0 aliphatic carbocycles. The van der Waals surface area contributed by atoms with Gasteiger partial charge in [0, 0.05) is 22.7 Å². The van der Waals surface area contributed by atoms with Crippen LogP contribution in [0.2, 0.25) is 4.34 Å². The molecule has 3 aromatic rings. The highest BCUT2D eigenvalue weighted by molar-refractivity contribution is 7.19. The molecule has 1 aromatic heterocycles. The number of benzene rings is 2. The van der Waals surface area contributed by atoms with Gasteiger partial charge in [0.25, 0.3) is 5.91 Å². The van der Waals surface area contributed by atoms with Gasteiger partial charge in [-0.15, -0.1) is 11.3 Å². The average molecular weight is 459 g/mol. The standard InChI is InChI=1S/C22H23ClN4O3S/c1-27(2)11-12-30-22(29)25-16-6-3-14(4-7-16)21(28)26-18-13-15(5-8-17(18)24)19-9-10-20(23)31-19/h3-10,13H,11-12,24H2,1-2H3,(H,25,29)(H,26,28). The third-order valence-electron chi connectivity index (χ3n) is 4.32. The summed E-state index contributed by atoms with van der Waals surface area (Å²) in [6.45, 7) is 0.924. The lowest BCUT2D eigenvalue weighted by molar-refractivity contribution is 0.102. The number of carbonyl (C=O) groups is 2. The van der Waals surface area contributed by atoms with Crippen molar-refractivity contribution in [2.45, 2.75) is 0 Å². The van der Waals surface area contributed by atoms with E-state index in [4.69, 9.17) is 22.1 Å². The Labute approximate surface area is 189 Å². The maximum absolute atomic E-state index is 12.7. The van der Waals surface area contributed by atoms with Crippen molar-refractivity contribution in [3.63, 3.8) is 0 Å². The van der Waals surface area contributed by atoms with Gasteiger partial charge in [-0.25, -0.2) is 4.79 Å². The van der Waals surface area contributed by atoms with Gasteiger partial charge in [0.05, 0.1) is 15.7 Å². The highest BCUT2D eigenvalue weighted by Crippen LogP contribution is 2.34. The third kappa shape index (κ3) is 6.45. The molecule has 2 amide bonds. The summed E-state index contributed by atoms with van der Waals surface area (Å²) in [6, 6.07) is 15.7. The Morgan fingerprint density at radius 1 is 1.06 bits per heavy atom. The molecule has 7 nitrogen and oxygen atoms in total. The SMILES string of the molecule is CN(C)CCOC(=O)Nc1ccc(C(=O)Nc2cc(-c3ccc(Cl)s3)ccc2N)cc1. The first-order valence-corrected chi connectivity index (χ1v) is 10.7. The maximum Gasteiger partial charge on any atom is 0.411 e. The van der Waals surface area contributed by atoms with Gasteiger partial charge in [0.15, 0.2) is 0 Å². The molecule has 0 atom stereocenters. The fraction of sp³-hybridized carbons (Fsp3) is 0.182. The van der Waals surface area contributed by atoms with Crippen LogP contribution in [0.1, 0.15) is 10.4 Å². The zero-order valence-corrected chi connectivity index (χ0v) is 18.7. The molecule has 162 valence electrons. The largest absolute Gasteiger partial charge is 0.448 e. The lowest BCUT2D eigenvalue weighted by atomic mass is 10.1. The summed E-state index contributed by atoms with van der Waals surface area (Å²) in [6.07, 6.45) is -0.544. The van der Waals surface area contributed by atoms with Gasteiger partial charge in [0.1, 0.15) is 6.61 Å². The van der Waals surface area contributed by atoms with Gasteiger partial charge in [-0.3, -0.25) is 10.1 Å². The van der Waals surface area contributed by atoms with Crippen molar-refractivity contribution < 1.29 is 14.3 Å². The van der Waals surface area contributed by atoms with Gasteiger partial charge in [-0.1, -0.05) is 17.7 Å². The summed E-state index contributed by atoms with van der Waals surface area (Å²) < 4.78 is 5.77. The number of anilines is 3. The molecule has 0 saturated carbocycles. The number of nitrogens with two attached hydrogens (primary N) is 1. The summed E-state index contributed by atoms with van der Waals surface area (Å²) in [4.78, 5) is 27.3. The van der Waals surface area contributed by atoms with Crippen LogP contribution in [0.4, 0.5) is 21.9 Å². The van der Waals surface area contributed by atoms with E-state index in [0.717, 1.165) is 10.4 Å². The lowest BCUT2D eigenvalue weighted by Crippen LogP contribution is -2.22. The number of hydrogen-bond acceptors (Lipinski definition) is 6. The second kappa shape index (κ2) is 10.3. The van der Waals surface area contributed by atoms with Crippen LogP contribution in [0.5, 0.6) is 0 Å². The van der Waals surface area contributed by atoms with Gasteiger partial charge in [0.2, 0.25) is 0 Å². The minimum Gasteiger partial charge on any atom is -0.448 e. The summed E-state index contributed by atoms with van der Waals surface area (Å²) >= 11 is 7.46. The van der Waals surface area contributed by atoms with E-state index in [0.29, 0.717) is 33.5 Å². The molecule has 1 heterocycles. The zero-order chi connectivity index (χ0) is 22.4. The molecule has 0 radical (unpaired) electrons. The number of ether oxygens (including phenoxy) is 1. The Balaban J connectivity index is 1.62. The normalized spacial score (nSPS) is 10.7. The van der Waals surface area contributed by atoms with E-state index >= 15 is 0 Å². The van der Waals surface area contributed by atoms with E-state index in [1.807, 2.05) is 43.3 Å². The number of nitrogens with zero attached hydrogens (tertiary/aromatic N) is 1. The second-order valence-electron chi connectivity index (χ2n) is 7.00. The van der Waals surface area contributed by atoms with Crippen LogP contribution < -0.4 is 16.4 Å². The van der Waals surface area contributed by atoms with Crippen LogP contribution in [0.3, 0.4) is 0 Å². The third-order valence-corrected chi connectivity index (χ3v) is 5.60. The Morgan fingerprint density at radius 2 is 1.81 bits per heavy atom. The number of carbonyl (C=O) groups excluding carboxylic acids is 2. The van der Waals surface area contributed by atoms with E-state index < -0.39 is 6.09 Å². The van der Waals surface area contributed by atoms with Crippen LogP contribution in [0, 0.1) is 0 Å². The fourth-order valence-corrected chi connectivity index (χ4v) is 3.70. The molecule has 0 aliphatic rings. The molecular formula is C22H23ClN4O3S. The number of halogens is 1. The lowest BCUT2D eigenvalue weighted by Gasteiger charge is -2.12. The van der Waals surface area contributed by atoms with Crippen LogP contribution in [0.15, 0.2) is 54.6 Å². The number of amides is 2. The molecule has 0 spiro atoms. The van der Waals surface area contributed by atoms with Crippen molar-refractivity contribution in [3.8, 4) is 10.4 Å². The number of rotatable bonds is 7. The smallest absolute Gasteiger partial charge is 0.411 e. The molecule has 3 rings (SSSR count). The first-order valence-electron chi connectivity index (χ1n) is 9.47. The molecule has 0 aliphatic heterocycles. The molecule has 0 unspecified atom stereocenters. The predicted molar refractivity (Wildman–Crippen MR) is 127 cm³/mol. The van der Waals surface area contributed by atoms with Gasteiger partial charge < -0.3 is 20.7 Å². The van der Waals surface area contributed by atoms with Crippen molar-refractivity contribution >= 4 is 52.0 Å². The molecule has 0 bridgehead atoms. The maximum atomic E-state index is 12.7. The van der Waals surface area contributed by atoms with Crippen molar-refractivity contribution in [3.05, 3.63) is 64.5 Å². The average Bonchev–Trinajstić information content (AvgIpc) is 3.16. The molecule has 4 N–H and O–H groups in total. The first kappa shape index (κ1) is 22.6. The minimum absolute atomic E-state index is 0.289. The summed E-state index contributed by atoms with van der Waals surface area (Å²) in [7, 11) is 3.79. The van der Waals surface area contributed by atoms with Crippen LogP contribution >= 0.6 is 22.9 Å². The number of thiophene rings is 1. The quantitative estimate of drug-likeness (QED) is 0.432. The molecule has 31 heavy (non-hydrogen) atoms. The fourth-order valence-electron chi connectivity index (χ4n) is 2.66.